The molecule has 186 valence electrons. The van der Waals surface area contributed by atoms with E-state index in [-0.39, 0.29) is 18.0 Å². The predicted octanol–water partition coefficient (Wildman–Crippen LogP) is 6.04. The van der Waals surface area contributed by atoms with E-state index in [4.69, 9.17) is 28.4 Å². The van der Waals surface area contributed by atoms with E-state index in [9.17, 15) is 0 Å². The molecule has 0 saturated heterocycles. The topological polar surface area (TPSA) is 94.1 Å². The Morgan fingerprint density at radius 2 is 0.848 bits per heavy atom. The summed E-state index contributed by atoms with van der Waals surface area (Å²) >= 11 is 0. The second-order valence-electron chi connectivity index (χ2n) is 7.16. The van der Waals surface area contributed by atoms with Crippen molar-refractivity contribution in [1.82, 2.24) is 15.0 Å². The van der Waals surface area contributed by atoms with E-state index >= 15 is 0 Å². The van der Waals surface area contributed by atoms with E-state index in [1.807, 2.05) is 0 Å². The first kappa shape index (κ1) is 28.1. The summed E-state index contributed by atoms with van der Waals surface area (Å²) in [5.74, 6) is 0. The largest absolute Gasteiger partial charge is 0.463 e. The Bertz CT molecular complexity index is 585. The summed E-state index contributed by atoms with van der Waals surface area (Å²) in [6.07, 6.45) is 9.72. The molecule has 0 bridgehead atoms. The van der Waals surface area contributed by atoms with E-state index < -0.39 is 18.9 Å². The first-order valence-electron chi connectivity index (χ1n) is 11.6. The number of unbranched alkanes of at least 4 members (excludes halogenated alkanes) is 3. The van der Waals surface area contributed by atoms with Crippen LogP contribution in [-0.4, -0.2) is 33.8 Å². The van der Waals surface area contributed by atoms with Crippen molar-refractivity contribution in [3.63, 3.8) is 0 Å². The fourth-order valence-corrected chi connectivity index (χ4v) is 2.73. The minimum atomic E-state index is -0.605. The van der Waals surface area contributed by atoms with E-state index in [1.165, 1.54) is 18.8 Å². The number of hydrogen-bond donors (Lipinski definition) is 0. The minimum absolute atomic E-state index is 0.00126. The molecule has 3 unspecified atom stereocenters. The molecule has 0 aliphatic rings. The van der Waals surface area contributed by atoms with Crippen molar-refractivity contribution in [1.29, 1.82) is 0 Å². The van der Waals surface area contributed by atoms with Crippen LogP contribution < -0.4 is 14.2 Å². The molecule has 0 radical (unpaired) electrons. The van der Waals surface area contributed by atoms with Gasteiger partial charge in [0, 0.05) is 19.3 Å². The third-order valence-corrected chi connectivity index (χ3v) is 4.41. The van der Waals surface area contributed by atoms with Crippen LogP contribution in [0.25, 0.3) is 0 Å². The van der Waals surface area contributed by atoms with Crippen LogP contribution in [0.1, 0.15) is 78.6 Å². The fourth-order valence-electron chi connectivity index (χ4n) is 2.73. The van der Waals surface area contributed by atoms with Crippen molar-refractivity contribution in [2.45, 2.75) is 97.4 Å². The van der Waals surface area contributed by atoms with Crippen LogP contribution >= 0.6 is 0 Å². The van der Waals surface area contributed by atoms with E-state index in [2.05, 4.69) is 55.5 Å². The Morgan fingerprint density at radius 3 is 1.06 bits per heavy atom. The highest BCUT2D eigenvalue weighted by Gasteiger charge is 2.21. The van der Waals surface area contributed by atoms with Crippen LogP contribution in [0.4, 0.5) is 0 Å². The summed E-state index contributed by atoms with van der Waals surface area (Å²) < 4.78 is 33.9. The fraction of sp³-hybridized carbons (Fsp3) is 0.625. The molecule has 0 N–H and O–H groups in total. The third-order valence-electron chi connectivity index (χ3n) is 4.41. The lowest BCUT2D eigenvalue weighted by atomic mass is 10.2. The Balaban J connectivity index is 3.16. The van der Waals surface area contributed by atoms with Gasteiger partial charge in [-0.1, -0.05) is 59.8 Å². The lowest BCUT2D eigenvalue weighted by molar-refractivity contribution is -0.0582. The van der Waals surface area contributed by atoms with Gasteiger partial charge in [0.05, 0.1) is 18.8 Å². The standard InChI is InChI=1S/C24H39N3O6/c1-7-13-16-19(28-10-4)31-22-25-23(32-20(29-11-5)17-14-8-2)27-24(26-22)33-21(30-12-6)18-15-9-3/h10-12,19-21H,4-9,13-18H2,1-3H3. The van der Waals surface area contributed by atoms with Gasteiger partial charge in [-0.2, -0.15) is 0 Å². The summed E-state index contributed by atoms with van der Waals surface area (Å²) in [6.45, 7) is 17.1. The maximum atomic E-state index is 5.85. The van der Waals surface area contributed by atoms with Gasteiger partial charge in [-0.05, 0) is 19.3 Å². The van der Waals surface area contributed by atoms with Gasteiger partial charge in [-0.25, -0.2) is 0 Å². The van der Waals surface area contributed by atoms with E-state index in [0.29, 0.717) is 19.3 Å². The molecule has 0 aliphatic heterocycles. The molecule has 1 heterocycles. The van der Waals surface area contributed by atoms with Crippen molar-refractivity contribution in [2.75, 3.05) is 0 Å². The zero-order valence-corrected chi connectivity index (χ0v) is 20.2. The highest BCUT2D eigenvalue weighted by molar-refractivity contribution is 5.09. The van der Waals surface area contributed by atoms with E-state index in [0.717, 1.165) is 38.5 Å². The lowest BCUT2D eigenvalue weighted by Crippen LogP contribution is -2.24. The molecular weight excluding hydrogens is 426 g/mol. The number of ether oxygens (including phenoxy) is 6. The van der Waals surface area contributed by atoms with Gasteiger partial charge < -0.3 is 28.4 Å². The molecule has 9 heteroatoms. The molecule has 0 spiro atoms. The second-order valence-corrected chi connectivity index (χ2v) is 7.16. The van der Waals surface area contributed by atoms with Crippen LogP contribution in [0.2, 0.25) is 0 Å². The van der Waals surface area contributed by atoms with Crippen LogP contribution in [0.3, 0.4) is 0 Å². The average Bonchev–Trinajstić information content (AvgIpc) is 2.79. The molecule has 0 fully saturated rings. The lowest BCUT2D eigenvalue weighted by Gasteiger charge is -2.20. The molecular formula is C24H39N3O6. The number of hydrogen-bond acceptors (Lipinski definition) is 9. The molecule has 0 aliphatic carbocycles. The zero-order chi connectivity index (χ0) is 24.3. The Kier molecular flexibility index (Phi) is 14.9. The number of aromatic nitrogens is 3. The first-order valence-corrected chi connectivity index (χ1v) is 11.6. The monoisotopic (exact) mass is 465 g/mol. The highest BCUT2D eigenvalue weighted by Crippen LogP contribution is 2.22. The molecule has 1 aromatic heterocycles. The van der Waals surface area contributed by atoms with E-state index in [1.54, 1.807) is 0 Å². The maximum absolute atomic E-state index is 5.85. The van der Waals surface area contributed by atoms with Gasteiger partial charge in [-0.3, -0.25) is 0 Å². The van der Waals surface area contributed by atoms with Gasteiger partial charge in [0.1, 0.15) is 0 Å². The molecule has 1 rings (SSSR count). The summed E-state index contributed by atoms with van der Waals surface area (Å²) in [6, 6.07) is -0.00377. The minimum Gasteiger partial charge on any atom is -0.463 e. The van der Waals surface area contributed by atoms with Gasteiger partial charge in [0.25, 0.3) is 0 Å². The van der Waals surface area contributed by atoms with Gasteiger partial charge in [0.15, 0.2) is 0 Å². The van der Waals surface area contributed by atoms with Crippen LogP contribution in [0.15, 0.2) is 38.5 Å². The SMILES string of the molecule is C=COC(CCCC)Oc1nc(OC(CCCC)OC=C)nc(OC(CCCC)OC=C)n1. The normalized spacial score (nSPS) is 13.2. The van der Waals surface area contributed by atoms with Crippen LogP contribution in [0.5, 0.6) is 18.0 Å². The smallest absolute Gasteiger partial charge is 0.328 e. The molecule has 33 heavy (non-hydrogen) atoms. The summed E-state index contributed by atoms with van der Waals surface area (Å²) in [5.41, 5.74) is 0. The number of rotatable bonds is 21. The molecule has 0 amide bonds. The first-order chi connectivity index (χ1) is 16.1. The zero-order valence-electron chi connectivity index (χ0n) is 20.2. The van der Waals surface area contributed by atoms with Crippen molar-refractivity contribution in [3.05, 3.63) is 38.5 Å². The van der Waals surface area contributed by atoms with Crippen molar-refractivity contribution >= 4 is 0 Å². The quantitative estimate of drug-likeness (QED) is 0.159. The molecule has 3 atom stereocenters. The van der Waals surface area contributed by atoms with Crippen LogP contribution in [0, 0.1) is 0 Å². The second kappa shape index (κ2) is 17.6. The number of nitrogens with zero attached hydrogens (tertiary/aromatic N) is 3. The van der Waals surface area contributed by atoms with Gasteiger partial charge >= 0.3 is 18.0 Å². The molecule has 0 aromatic carbocycles. The Labute approximate surface area is 197 Å². The summed E-state index contributed by atoms with van der Waals surface area (Å²) in [7, 11) is 0. The van der Waals surface area contributed by atoms with Crippen molar-refractivity contribution < 1.29 is 28.4 Å². The summed E-state index contributed by atoms with van der Waals surface area (Å²) in [5, 5.41) is 0. The predicted molar refractivity (Wildman–Crippen MR) is 125 cm³/mol. The van der Waals surface area contributed by atoms with Crippen molar-refractivity contribution in [2.24, 2.45) is 0 Å². The molecule has 0 saturated carbocycles. The van der Waals surface area contributed by atoms with Gasteiger partial charge in [-0.15, -0.1) is 15.0 Å². The molecule has 9 nitrogen and oxygen atoms in total. The Morgan fingerprint density at radius 1 is 0.576 bits per heavy atom. The summed E-state index contributed by atoms with van der Waals surface area (Å²) in [4.78, 5) is 12.8. The molecule has 1 aromatic rings. The third kappa shape index (κ3) is 12.0. The van der Waals surface area contributed by atoms with Crippen molar-refractivity contribution in [3.8, 4) is 18.0 Å². The van der Waals surface area contributed by atoms with Gasteiger partial charge in [0.2, 0.25) is 18.9 Å². The highest BCUT2D eigenvalue weighted by atomic mass is 16.7. The van der Waals surface area contributed by atoms with Crippen LogP contribution in [-0.2, 0) is 14.2 Å². The Hall–Kier alpha value is -2.97. The average molecular weight is 466 g/mol. The maximum Gasteiger partial charge on any atom is 0.328 e.